The topological polar surface area (TPSA) is 43.6 Å². The maximum absolute atomic E-state index is 5.32. The number of nitrogens with zero attached hydrogens (tertiary/aromatic N) is 4. The summed E-state index contributed by atoms with van der Waals surface area (Å²) < 4.78 is 2.42. The highest BCUT2D eigenvalue weighted by molar-refractivity contribution is 7.19. The van der Waals surface area contributed by atoms with Crippen molar-refractivity contribution in [3.05, 3.63) is 266 Å². The van der Waals surface area contributed by atoms with Crippen LogP contribution in [0.5, 0.6) is 0 Å². The highest BCUT2D eigenvalue weighted by Gasteiger charge is 2.41. The summed E-state index contributed by atoms with van der Waals surface area (Å²) in [5, 5.41) is 7.68. The second-order valence-corrected chi connectivity index (χ2v) is 22.0. The van der Waals surface area contributed by atoms with Gasteiger partial charge in [-0.15, -0.1) is 0 Å². The van der Waals surface area contributed by atoms with Crippen LogP contribution in [0, 0.1) is 13.8 Å². The van der Waals surface area contributed by atoms with Gasteiger partial charge in [0.25, 0.3) is 0 Å². The van der Waals surface area contributed by atoms with Crippen LogP contribution < -0.4 is 20.7 Å². The zero-order valence-corrected chi connectivity index (χ0v) is 40.0. The number of fused-ring (bicyclic) bond motifs is 3. The van der Waals surface area contributed by atoms with Crippen molar-refractivity contribution < 1.29 is 0 Å². The van der Waals surface area contributed by atoms with E-state index in [-0.39, 0.29) is 0 Å². The molecule has 70 heavy (non-hydrogen) atoms. The molecule has 0 radical (unpaired) electrons. The van der Waals surface area contributed by atoms with Gasteiger partial charge in [-0.1, -0.05) is 236 Å². The lowest BCUT2D eigenvalue weighted by Gasteiger charge is -2.34. The first-order valence-electron chi connectivity index (χ1n) is 23.9. The molecule has 4 nitrogen and oxygen atoms in total. The van der Waals surface area contributed by atoms with Crippen LogP contribution in [-0.2, 0) is 0 Å². The van der Waals surface area contributed by atoms with E-state index < -0.39 is 8.07 Å². The van der Waals surface area contributed by atoms with Gasteiger partial charge in [0.05, 0.1) is 16.7 Å². The molecule has 0 bridgehead atoms. The molecule has 0 saturated carbocycles. The van der Waals surface area contributed by atoms with Crippen molar-refractivity contribution in [2.75, 3.05) is 0 Å². The van der Waals surface area contributed by atoms with E-state index >= 15 is 0 Å². The Balaban J connectivity index is 1.13. The Kier molecular flexibility index (Phi) is 11.0. The Bertz CT molecular complexity index is 3660. The van der Waals surface area contributed by atoms with Crippen molar-refractivity contribution in [2.45, 2.75) is 13.8 Å². The lowest BCUT2D eigenvalue weighted by atomic mass is 9.99. The molecule has 2 aromatic heterocycles. The van der Waals surface area contributed by atoms with Crippen molar-refractivity contribution in [3.63, 3.8) is 0 Å². The van der Waals surface area contributed by atoms with Crippen molar-refractivity contribution in [1.29, 1.82) is 0 Å². The summed E-state index contributed by atoms with van der Waals surface area (Å²) >= 11 is 0. The van der Waals surface area contributed by atoms with E-state index in [9.17, 15) is 0 Å². The molecule has 0 fully saturated rings. The minimum Gasteiger partial charge on any atom is -0.308 e. The minimum atomic E-state index is -2.82. The fraction of sp³-hybridized carbons (Fsp3) is 0.0308. The van der Waals surface area contributed by atoms with Gasteiger partial charge in [-0.3, -0.25) is 0 Å². The molecule has 12 aromatic rings. The predicted octanol–water partition coefficient (Wildman–Crippen LogP) is 13.3. The molecular formula is C65H48N4Si. The molecule has 0 atom stereocenters. The molecule has 2 heterocycles. The Morgan fingerprint density at radius 2 is 0.743 bits per heavy atom. The quantitative estimate of drug-likeness (QED) is 0.101. The first kappa shape index (κ1) is 42.6. The summed E-state index contributed by atoms with van der Waals surface area (Å²) in [6.07, 6.45) is 0. The zero-order valence-electron chi connectivity index (χ0n) is 39.0. The van der Waals surface area contributed by atoms with Crippen molar-refractivity contribution in [3.8, 4) is 62.1 Å². The van der Waals surface area contributed by atoms with Gasteiger partial charge in [0.15, 0.2) is 25.5 Å². The van der Waals surface area contributed by atoms with E-state index in [4.69, 9.17) is 15.0 Å². The molecule has 0 aliphatic carbocycles. The van der Waals surface area contributed by atoms with Gasteiger partial charge in [0.1, 0.15) is 0 Å². The van der Waals surface area contributed by atoms with Crippen LogP contribution in [0.4, 0.5) is 0 Å². The third-order valence-electron chi connectivity index (χ3n) is 13.7. The van der Waals surface area contributed by atoms with Crippen LogP contribution >= 0.6 is 0 Å². The van der Waals surface area contributed by atoms with Gasteiger partial charge in [0.2, 0.25) is 0 Å². The fourth-order valence-electron chi connectivity index (χ4n) is 10.6. The van der Waals surface area contributed by atoms with Gasteiger partial charge in [0, 0.05) is 27.5 Å². The molecule has 0 unspecified atom stereocenters. The molecule has 0 saturated heterocycles. The average molecular weight is 913 g/mol. The van der Waals surface area contributed by atoms with Crippen LogP contribution in [0.2, 0.25) is 0 Å². The largest absolute Gasteiger partial charge is 0.308 e. The molecular weight excluding hydrogens is 865 g/mol. The number of benzene rings is 10. The van der Waals surface area contributed by atoms with Crippen molar-refractivity contribution in [2.24, 2.45) is 0 Å². The molecule has 0 N–H and O–H groups in total. The molecule has 0 aliphatic heterocycles. The zero-order chi connectivity index (χ0) is 47.0. The maximum atomic E-state index is 5.32. The monoisotopic (exact) mass is 912 g/mol. The van der Waals surface area contributed by atoms with Gasteiger partial charge >= 0.3 is 0 Å². The summed E-state index contributed by atoms with van der Waals surface area (Å²) in [7, 11) is -2.82. The van der Waals surface area contributed by atoms with Crippen molar-refractivity contribution in [1.82, 2.24) is 19.5 Å². The van der Waals surface area contributed by atoms with E-state index in [1.54, 1.807) is 0 Å². The van der Waals surface area contributed by atoms with Crippen LogP contribution in [0.15, 0.2) is 255 Å². The first-order valence-corrected chi connectivity index (χ1v) is 25.9. The second kappa shape index (κ2) is 18.0. The number of para-hydroxylation sites is 1. The Labute approximate surface area is 409 Å². The van der Waals surface area contributed by atoms with Gasteiger partial charge in [-0.05, 0) is 87.2 Å². The van der Waals surface area contributed by atoms with E-state index in [0.717, 1.165) is 44.5 Å². The highest BCUT2D eigenvalue weighted by atomic mass is 28.3. The van der Waals surface area contributed by atoms with Crippen LogP contribution in [0.25, 0.3) is 83.9 Å². The van der Waals surface area contributed by atoms with Crippen LogP contribution in [0.1, 0.15) is 11.1 Å². The molecule has 332 valence electrons. The molecule has 0 spiro atoms. The van der Waals surface area contributed by atoms with E-state index in [0.29, 0.717) is 17.5 Å². The van der Waals surface area contributed by atoms with E-state index in [1.807, 2.05) is 36.4 Å². The van der Waals surface area contributed by atoms with E-state index in [2.05, 4.69) is 237 Å². The number of hydrogen-bond acceptors (Lipinski definition) is 3. The Morgan fingerprint density at radius 1 is 0.300 bits per heavy atom. The van der Waals surface area contributed by atoms with E-state index in [1.165, 1.54) is 53.8 Å². The summed E-state index contributed by atoms with van der Waals surface area (Å²) in [4.78, 5) is 15.7. The number of aromatic nitrogens is 4. The normalized spacial score (nSPS) is 11.6. The minimum absolute atomic E-state index is 0.601. The van der Waals surface area contributed by atoms with Crippen LogP contribution in [0.3, 0.4) is 0 Å². The predicted molar refractivity (Wildman–Crippen MR) is 294 cm³/mol. The van der Waals surface area contributed by atoms with Gasteiger partial charge < -0.3 is 4.57 Å². The highest BCUT2D eigenvalue weighted by Crippen LogP contribution is 2.40. The summed E-state index contributed by atoms with van der Waals surface area (Å²) in [5.41, 5.74) is 13.1. The molecule has 10 aromatic carbocycles. The Hall–Kier alpha value is -8.77. The SMILES string of the molecule is Cc1cc(C)cc(-c2ccc3c(c2)c2ccccc2n3-c2cc(-c3cccc([Si](c4ccccc4)(c4ccccc4)c4ccccc4)c3)ccc2-c2nc(-c3ccccc3)nc(-c3ccccc3)n2)c1. The smallest absolute Gasteiger partial charge is 0.179 e. The van der Waals surface area contributed by atoms with Crippen LogP contribution in [-0.4, -0.2) is 27.6 Å². The molecule has 0 aliphatic rings. The fourth-order valence-corrected chi connectivity index (χ4v) is 15.4. The maximum Gasteiger partial charge on any atom is 0.179 e. The number of hydrogen-bond donors (Lipinski definition) is 0. The van der Waals surface area contributed by atoms with Crippen molar-refractivity contribution >= 4 is 50.6 Å². The third-order valence-corrected chi connectivity index (χ3v) is 18.4. The average Bonchev–Trinajstić information content (AvgIpc) is 3.75. The lowest BCUT2D eigenvalue weighted by Crippen LogP contribution is -2.74. The van der Waals surface area contributed by atoms with Gasteiger partial charge in [-0.25, -0.2) is 15.0 Å². The lowest BCUT2D eigenvalue weighted by molar-refractivity contribution is 1.06. The summed E-state index contributed by atoms with van der Waals surface area (Å²) in [6, 6.07) is 92.4. The molecule has 12 rings (SSSR count). The standard InChI is InChI=1S/C65H48N4Si/c1-45-39-46(2)41-52(40-45)50-36-38-61-59(43-50)57-33-18-19-34-60(57)69(61)62-44-51(35-37-58(62)65-67-63(47-21-8-3-9-22-47)66-64(68-65)48-23-10-4-11-24-48)49-25-20-32-56(42-49)70(53-26-12-5-13-27-53,54-28-14-6-15-29-54)55-30-16-7-17-31-55/h3-44H,1-2H3. The van der Waals surface area contributed by atoms with Gasteiger partial charge in [-0.2, -0.15) is 0 Å². The number of rotatable bonds is 10. The summed E-state index contributed by atoms with van der Waals surface area (Å²) in [6.45, 7) is 4.34. The summed E-state index contributed by atoms with van der Waals surface area (Å²) in [5.74, 6) is 1.84. The molecule has 0 amide bonds. The first-order chi connectivity index (χ1) is 34.5. The molecule has 5 heteroatoms. The second-order valence-electron chi connectivity index (χ2n) is 18.2. The Morgan fingerprint density at radius 3 is 1.33 bits per heavy atom. The third kappa shape index (κ3) is 7.63. The number of aryl methyl sites for hydroxylation is 2.